The van der Waals surface area contributed by atoms with Crippen LogP contribution in [-0.4, -0.2) is 24.1 Å². The van der Waals surface area contributed by atoms with E-state index in [1.54, 1.807) is 30.5 Å². The number of nitrogens with one attached hydrogen (secondary N) is 1. The predicted octanol–water partition coefficient (Wildman–Crippen LogP) is 2.77. The van der Waals surface area contributed by atoms with Crippen molar-refractivity contribution in [2.24, 2.45) is 0 Å². The number of carbonyl (C=O) groups excluding carboxylic acids is 1. The Kier molecular flexibility index (Phi) is 5.05. The van der Waals surface area contributed by atoms with Crippen LogP contribution in [0.15, 0.2) is 42.6 Å². The lowest BCUT2D eigenvalue weighted by Gasteiger charge is -2.13. The largest absolute Gasteiger partial charge is 0.487 e. The summed E-state index contributed by atoms with van der Waals surface area (Å²) in [5.74, 6) is 0.0398. The molecule has 5 nitrogen and oxygen atoms in total. The number of pyridine rings is 1. The van der Waals surface area contributed by atoms with Crippen molar-refractivity contribution in [2.45, 2.75) is 31.5 Å². The fraction of sp³-hybridized carbons (Fsp3) is 0.333. The van der Waals surface area contributed by atoms with Gasteiger partial charge in [0.15, 0.2) is 0 Å². The quantitative estimate of drug-likeness (QED) is 0.854. The van der Waals surface area contributed by atoms with Crippen LogP contribution in [0.3, 0.4) is 0 Å². The first kappa shape index (κ1) is 16.4. The number of esters is 1. The van der Waals surface area contributed by atoms with E-state index in [0.29, 0.717) is 11.3 Å². The van der Waals surface area contributed by atoms with Crippen molar-refractivity contribution in [3.8, 4) is 5.75 Å². The second-order valence-corrected chi connectivity index (χ2v) is 5.67. The van der Waals surface area contributed by atoms with Gasteiger partial charge in [0.25, 0.3) is 0 Å². The zero-order valence-corrected chi connectivity index (χ0v) is 13.4. The van der Waals surface area contributed by atoms with Gasteiger partial charge in [-0.25, -0.2) is 4.39 Å². The summed E-state index contributed by atoms with van der Waals surface area (Å²) < 4.78 is 23.9. The van der Waals surface area contributed by atoms with Crippen LogP contribution in [0.2, 0.25) is 0 Å². The van der Waals surface area contributed by atoms with E-state index in [1.807, 2.05) is 6.07 Å². The lowest BCUT2D eigenvalue weighted by molar-refractivity contribution is -0.142. The molecule has 0 aliphatic carbocycles. The minimum absolute atomic E-state index is 0.0229. The van der Waals surface area contributed by atoms with Crippen molar-refractivity contribution < 1.29 is 18.7 Å². The molecule has 24 heavy (non-hydrogen) atoms. The molecular formula is C18H19FN2O3. The standard InChI is InChI=1S/C18H19FN2O3/c1-23-18(22)17-9-8-16(21-17)15-7-6-13(10-20-15)24-11-12-4-2-3-5-14(12)19/h2-7,10,16-17,21H,8-9,11H2,1H3/t16-,17+/m1/s1. The van der Waals surface area contributed by atoms with E-state index in [2.05, 4.69) is 10.3 Å². The molecule has 1 aromatic heterocycles. The van der Waals surface area contributed by atoms with Crippen molar-refractivity contribution in [1.29, 1.82) is 0 Å². The molecular weight excluding hydrogens is 311 g/mol. The minimum atomic E-state index is -0.286. The highest BCUT2D eigenvalue weighted by atomic mass is 19.1. The molecule has 0 unspecified atom stereocenters. The van der Waals surface area contributed by atoms with E-state index < -0.39 is 0 Å². The number of aromatic nitrogens is 1. The number of hydrogen-bond acceptors (Lipinski definition) is 5. The van der Waals surface area contributed by atoms with Gasteiger partial charge in [0.1, 0.15) is 24.2 Å². The van der Waals surface area contributed by atoms with Crippen LogP contribution in [-0.2, 0) is 16.1 Å². The summed E-state index contributed by atoms with van der Waals surface area (Å²) in [4.78, 5) is 15.9. The van der Waals surface area contributed by atoms with Gasteiger partial charge in [-0.3, -0.25) is 15.1 Å². The maximum atomic E-state index is 13.6. The Balaban J connectivity index is 1.58. The van der Waals surface area contributed by atoms with Crippen LogP contribution in [0, 0.1) is 5.82 Å². The summed E-state index contributed by atoms with van der Waals surface area (Å²) in [6.45, 7) is 0.153. The molecule has 1 saturated heterocycles. The Bertz CT molecular complexity index is 706. The lowest BCUT2D eigenvalue weighted by atomic mass is 10.1. The molecule has 1 aliphatic rings. The number of benzene rings is 1. The Hall–Kier alpha value is -2.47. The minimum Gasteiger partial charge on any atom is -0.487 e. The first-order valence-corrected chi connectivity index (χ1v) is 7.83. The number of halogens is 1. The Morgan fingerprint density at radius 1 is 1.29 bits per heavy atom. The second kappa shape index (κ2) is 7.40. The molecule has 126 valence electrons. The van der Waals surface area contributed by atoms with Gasteiger partial charge in [-0.05, 0) is 31.0 Å². The van der Waals surface area contributed by atoms with E-state index in [1.165, 1.54) is 13.2 Å². The van der Waals surface area contributed by atoms with Gasteiger partial charge in [0, 0.05) is 5.56 Å². The zero-order valence-electron chi connectivity index (χ0n) is 13.4. The first-order valence-electron chi connectivity index (χ1n) is 7.83. The van der Waals surface area contributed by atoms with Gasteiger partial charge in [0.2, 0.25) is 0 Å². The average molecular weight is 330 g/mol. The van der Waals surface area contributed by atoms with Crippen LogP contribution in [0.1, 0.15) is 30.1 Å². The van der Waals surface area contributed by atoms with Crippen molar-refractivity contribution in [3.63, 3.8) is 0 Å². The van der Waals surface area contributed by atoms with Crippen molar-refractivity contribution in [1.82, 2.24) is 10.3 Å². The van der Waals surface area contributed by atoms with E-state index in [4.69, 9.17) is 9.47 Å². The van der Waals surface area contributed by atoms with Crippen LogP contribution >= 0.6 is 0 Å². The monoisotopic (exact) mass is 330 g/mol. The third-order valence-electron chi connectivity index (χ3n) is 4.10. The Morgan fingerprint density at radius 2 is 2.12 bits per heavy atom. The fourth-order valence-corrected chi connectivity index (χ4v) is 2.76. The maximum Gasteiger partial charge on any atom is 0.322 e. The third-order valence-corrected chi connectivity index (χ3v) is 4.10. The Labute approximate surface area is 139 Å². The highest BCUT2D eigenvalue weighted by Gasteiger charge is 2.31. The van der Waals surface area contributed by atoms with Gasteiger partial charge in [-0.2, -0.15) is 0 Å². The molecule has 1 fully saturated rings. The lowest BCUT2D eigenvalue weighted by Crippen LogP contribution is -2.33. The summed E-state index contributed by atoms with van der Waals surface area (Å²) in [6, 6.07) is 9.91. The maximum absolute atomic E-state index is 13.6. The number of methoxy groups -OCH3 is 1. The molecule has 6 heteroatoms. The van der Waals surface area contributed by atoms with Crippen LogP contribution in [0.4, 0.5) is 4.39 Å². The van der Waals surface area contributed by atoms with Gasteiger partial charge in [-0.15, -0.1) is 0 Å². The molecule has 0 saturated carbocycles. The normalized spacial score (nSPS) is 19.9. The van der Waals surface area contributed by atoms with E-state index in [-0.39, 0.29) is 30.5 Å². The number of hydrogen-bond donors (Lipinski definition) is 1. The van der Waals surface area contributed by atoms with E-state index >= 15 is 0 Å². The molecule has 2 heterocycles. The topological polar surface area (TPSA) is 60.5 Å². The number of nitrogens with zero attached hydrogens (tertiary/aromatic N) is 1. The van der Waals surface area contributed by atoms with Gasteiger partial charge in [-0.1, -0.05) is 18.2 Å². The summed E-state index contributed by atoms with van der Waals surface area (Å²) in [5.41, 5.74) is 1.35. The third kappa shape index (κ3) is 3.71. The fourth-order valence-electron chi connectivity index (χ4n) is 2.76. The molecule has 0 bridgehead atoms. The number of ether oxygens (including phenoxy) is 2. The van der Waals surface area contributed by atoms with E-state index in [0.717, 1.165) is 18.5 Å². The zero-order chi connectivity index (χ0) is 16.9. The molecule has 0 spiro atoms. The van der Waals surface area contributed by atoms with E-state index in [9.17, 15) is 9.18 Å². The van der Waals surface area contributed by atoms with Crippen LogP contribution in [0.5, 0.6) is 5.75 Å². The van der Waals surface area contributed by atoms with Crippen LogP contribution in [0.25, 0.3) is 0 Å². The molecule has 1 N–H and O–H groups in total. The molecule has 0 amide bonds. The summed E-state index contributed by atoms with van der Waals surface area (Å²) in [6.07, 6.45) is 3.16. The average Bonchev–Trinajstić information content (AvgIpc) is 3.11. The molecule has 1 aromatic carbocycles. The van der Waals surface area contributed by atoms with Gasteiger partial charge >= 0.3 is 5.97 Å². The SMILES string of the molecule is COC(=O)[C@@H]1CC[C@H](c2ccc(OCc3ccccc3F)cn2)N1. The van der Waals surface area contributed by atoms with Crippen molar-refractivity contribution >= 4 is 5.97 Å². The van der Waals surface area contributed by atoms with Gasteiger partial charge < -0.3 is 9.47 Å². The highest BCUT2D eigenvalue weighted by molar-refractivity contribution is 5.76. The number of carbonyl (C=O) groups is 1. The Morgan fingerprint density at radius 3 is 2.83 bits per heavy atom. The highest BCUT2D eigenvalue weighted by Crippen LogP contribution is 2.26. The first-order chi connectivity index (χ1) is 11.7. The summed E-state index contributed by atoms with van der Waals surface area (Å²) in [5, 5.41) is 3.22. The summed E-state index contributed by atoms with van der Waals surface area (Å²) in [7, 11) is 1.39. The second-order valence-electron chi connectivity index (χ2n) is 5.67. The molecule has 1 aliphatic heterocycles. The smallest absolute Gasteiger partial charge is 0.322 e. The van der Waals surface area contributed by atoms with Crippen LogP contribution < -0.4 is 10.1 Å². The summed E-state index contributed by atoms with van der Waals surface area (Å²) >= 11 is 0. The predicted molar refractivity (Wildman–Crippen MR) is 85.9 cm³/mol. The molecule has 2 atom stereocenters. The molecule has 0 radical (unpaired) electrons. The van der Waals surface area contributed by atoms with Crippen molar-refractivity contribution in [2.75, 3.05) is 7.11 Å². The van der Waals surface area contributed by atoms with Gasteiger partial charge in [0.05, 0.1) is 25.0 Å². The number of rotatable bonds is 5. The molecule has 2 aromatic rings. The van der Waals surface area contributed by atoms with Crippen molar-refractivity contribution in [3.05, 3.63) is 59.7 Å². The molecule has 3 rings (SSSR count).